The normalized spacial score (nSPS) is 17.7. The Morgan fingerprint density at radius 1 is 0.944 bits per heavy atom. The fraction of sp³-hybridized carbons (Fsp3) is 0.400. The summed E-state index contributed by atoms with van der Waals surface area (Å²) in [6, 6.07) is 15.1. The first-order valence-electron chi connectivity index (χ1n) is 12.2. The molecule has 2 fully saturated rings. The third kappa shape index (κ3) is 4.06. The monoisotopic (exact) mass is 508 g/mol. The van der Waals surface area contributed by atoms with Gasteiger partial charge in [0.1, 0.15) is 5.75 Å². The maximum absolute atomic E-state index is 13.4. The van der Waals surface area contributed by atoms with Crippen molar-refractivity contribution in [2.24, 2.45) is 0 Å². The predicted octanol–water partition coefficient (Wildman–Crippen LogP) is 1.71. The number of hydrogen-bond donors (Lipinski definition) is 0. The molecule has 2 aromatic carbocycles. The zero-order valence-electron chi connectivity index (χ0n) is 20.1. The molecular formula is C25H28N6O4S. The summed E-state index contributed by atoms with van der Waals surface area (Å²) < 4.78 is 35.7. The first kappa shape index (κ1) is 23.1. The Morgan fingerprint density at radius 3 is 2.36 bits per heavy atom. The second-order valence-electron chi connectivity index (χ2n) is 9.43. The number of rotatable bonds is 7. The quantitative estimate of drug-likeness (QED) is 0.375. The van der Waals surface area contributed by atoms with Crippen molar-refractivity contribution in [3.05, 3.63) is 70.3 Å². The van der Waals surface area contributed by atoms with E-state index in [0.29, 0.717) is 50.4 Å². The first-order chi connectivity index (χ1) is 17.5. The van der Waals surface area contributed by atoms with Gasteiger partial charge in [0, 0.05) is 26.2 Å². The lowest BCUT2D eigenvalue weighted by atomic mass is 10.2. The van der Waals surface area contributed by atoms with Crippen molar-refractivity contribution in [3.8, 4) is 5.75 Å². The van der Waals surface area contributed by atoms with Crippen LogP contribution in [0.3, 0.4) is 0 Å². The molecular weight excluding hydrogens is 480 g/mol. The van der Waals surface area contributed by atoms with Gasteiger partial charge in [-0.2, -0.15) is 4.31 Å². The largest absolute Gasteiger partial charge is 0.497 e. The molecule has 11 heteroatoms. The van der Waals surface area contributed by atoms with E-state index >= 15 is 0 Å². The molecule has 3 heterocycles. The van der Waals surface area contributed by atoms with Gasteiger partial charge >= 0.3 is 0 Å². The number of para-hydroxylation sites is 1. The molecule has 2 aliphatic rings. The van der Waals surface area contributed by atoms with Crippen LogP contribution in [0.2, 0.25) is 0 Å². The summed E-state index contributed by atoms with van der Waals surface area (Å²) in [7, 11) is -1.53. The van der Waals surface area contributed by atoms with Gasteiger partial charge < -0.3 is 4.74 Å². The van der Waals surface area contributed by atoms with Gasteiger partial charge in [0.15, 0.2) is 5.82 Å². The van der Waals surface area contributed by atoms with Gasteiger partial charge in [-0.05, 0) is 42.7 Å². The van der Waals surface area contributed by atoms with Crippen LogP contribution >= 0.6 is 0 Å². The lowest BCUT2D eigenvalue weighted by Crippen LogP contribution is -2.49. The number of piperazine rings is 1. The summed E-state index contributed by atoms with van der Waals surface area (Å²) in [5.41, 5.74) is 1.60. The fourth-order valence-electron chi connectivity index (χ4n) is 4.89. The summed E-state index contributed by atoms with van der Waals surface area (Å²) in [5.74, 6) is 1.96. The molecule has 0 atom stereocenters. The van der Waals surface area contributed by atoms with E-state index < -0.39 is 10.0 Å². The van der Waals surface area contributed by atoms with Gasteiger partial charge in [0.25, 0.3) is 5.56 Å². The van der Waals surface area contributed by atoms with Gasteiger partial charge in [-0.25, -0.2) is 8.42 Å². The molecule has 188 valence electrons. The summed E-state index contributed by atoms with van der Waals surface area (Å²) in [6.45, 7) is 3.10. The average molecular weight is 509 g/mol. The molecule has 0 amide bonds. The number of nitrogens with zero attached hydrogens (tertiary/aromatic N) is 6. The highest BCUT2D eigenvalue weighted by Crippen LogP contribution is 2.31. The highest BCUT2D eigenvalue weighted by molar-refractivity contribution is 7.90. The van der Waals surface area contributed by atoms with E-state index in [1.54, 1.807) is 16.0 Å². The molecule has 1 aliphatic carbocycles. The Bertz CT molecular complexity index is 1580. The van der Waals surface area contributed by atoms with Crippen molar-refractivity contribution >= 4 is 26.7 Å². The molecule has 10 nitrogen and oxygen atoms in total. The lowest BCUT2D eigenvalue weighted by Gasteiger charge is -2.33. The molecule has 1 aliphatic heterocycles. The SMILES string of the molecule is COc1ccc(Cn2c(=O)c3ccccc3n3c(CN4CCN(S(=O)(=O)C5CC5)CC4)nnc23)cc1. The van der Waals surface area contributed by atoms with Crippen LogP contribution in [0.1, 0.15) is 24.2 Å². The maximum Gasteiger partial charge on any atom is 0.263 e. The Hall–Kier alpha value is -3.28. The van der Waals surface area contributed by atoms with E-state index in [-0.39, 0.29) is 10.8 Å². The number of hydrogen-bond acceptors (Lipinski definition) is 7. The minimum absolute atomic E-state index is 0.119. The molecule has 0 spiro atoms. The van der Waals surface area contributed by atoms with E-state index in [4.69, 9.17) is 4.74 Å². The highest BCUT2D eigenvalue weighted by Gasteiger charge is 2.41. The minimum atomic E-state index is -3.15. The number of benzene rings is 2. The number of ether oxygens (including phenoxy) is 1. The van der Waals surface area contributed by atoms with Gasteiger partial charge in [-0.1, -0.05) is 24.3 Å². The summed E-state index contributed by atoms with van der Waals surface area (Å²) in [5, 5.41) is 9.32. The number of methoxy groups -OCH3 is 1. The van der Waals surface area contributed by atoms with Crippen molar-refractivity contribution in [2.75, 3.05) is 33.3 Å². The van der Waals surface area contributed by atoms with E-state index in [2.05, 4.69) is 15.1 Å². The van der Waals surface area contributed by atoms with Crippen molar-refractivity contribution in [3.63, 3.8) is 0 Å². The van der Waals surface area contributed by atoms with Crippen LogP contribution in [0.4, 0.5) is 0 Å². The summed E-state index contributed by atoms with van der Waals surface area (Å²) in [4.78, 5) is 15.6. The molecule has 1 saturated heterocycles. The average Bonchev–Trinajstić information content (AvgIpc) is 3.69. The smallest absolute Gasteiger partial charge is 0.263 e. The van der Waals surface area contributed by atoms with Crippen molar-refractivity contribution in [2.45, 2.75) is 31.2 Å². The van der Waals surface area contributed by atoms with E-state index in [1.807, 2.05) is 52.9 Å². The Kier molecular flexibility index (Phi) is 5.78. The highest BCUT2D eigenvalue weighted by atomic mass is 32.2. The third-order valence-corrected chi connectivity index (χ3v) is 9.48. The van der Waals surface area contributed by atoms with E-state index in [1.165, 1.54) is 0 Å². The first-order valence-corrected chi connectivity index (χ1v) is 13.7. The second kappa shape index (κ2) is 8.99. The Balaban J connectivity index is 1.32. The van der Waals surface area contributed by atoms with Crippen molar-refractivity contribution in [1.29, 1.82) is 0 Å². The van der Waals surface area contributed by atoms with Crippen LogP contribution in [0.25, 0.3) is 16.7 Å². The Morgan fingerprint density at radius 2 is 1.67 bits per heavy atom. The second-order valence-corrected chi connectivity index (χ2v) is 11.6. The van der Waals surface area contributed by atoms with Crippen LogP contribution in [-0.2, 0) is 23.1 Å². The minimum Gasteiger partial charge on any atom is -0.497 e. The molecule has 36 heavy (non-hydrogen) atoms. The summed E-state index contributed by atoms with van der Waals surface area (Å²) in [6.07, 6.45) is 1.55. The van der Waals surface area contributed by atoms with Crippen LogP contribution < -0.4 is 10.3 Å². The summed E-state index contributed by atoms with van der Waals surface area (Å²) >= 11 is 0. The molecule has 2 aromatic heterocycles. The van der Waals surface area contributed by atoms with Crippen LogP contribution in [0.5, 0.6) is 5.75 Å². The molecule has 0 N–H and O–H groups in total. The van der Waals surface area contributed by atoms with Gasteiger partial charge in [-0.3, -0.25) is 18.7 Å². The maximum atomic E-state index is 13.4. The zero-order valence-corrected chi connectivity index (χ0v) is 20.9. The molecule has 1 saturated carbocycles. The van der Waals surface area contributed by atoms with Crippen LogP contribution in [-0.4, -0.2) is 75.3 Å². The van der Waals surface area contributed by atoms with Gasteiger partial charge in [0.05, 0.1) is 36.4 Å². The number of sulfonamides is 1. The molecule has 0 bridgehead atoms. The molecule has 6 rings (SSSR count). The van der Waals surface area contributed by atoms with Crippen molar-refractivity contribution in [1.82, 2.24) is 28.4 Å². The van der Waals surface area contributed by atoms with Crippen molar-refractivity contribution < 1.29 is 13.2 Å². The number of aromatic nitrogens is 4. The lowest BCUT2D eigenvalue weighted by molar-refractivity contribution is 0.177. The topological polar surface area (TPSA) is 102 Å². The third-order valence-electron chi connectivity index (χ3n) is 7.08. The fourth-order valence-corrected chi connectivity index (χ4v) is 6.72. The zero-order chi connectivity index (χ0) is 24.9. The van der Waals surface area contributed by atoms with Gasteiger partial charge in [-0.15, -0.1) is 10.2 Å². The Labute approximate surface area is 208 Å². The van der Waals surface area contributed by atoms with Crippen LogP contribution in [0, 0.1) is 0 Å². The molecule has 0 radical (unpaired) electrons. The molecule has 0 unspecified atom stereocenters. The van der Waals surface area contributed by atoms with E-state index in [9.17, 15) is 13.2 Å². The number of fused-ring (bicyclic) bond motifs is 3. The predicted molar refractivity (Wildman–Crippen MR) is 136 cm³/mol. The van der Waals surface area contributed by atoms with Gasteiger partial charge in [0.2, 0.25) is 15.8 Å². The van der Waals surface area contributed by atoms with Crippen LogP contribution in [0.15, 0.2) is 53.3 Å². The molecule has 4 aromatic rings. The van der Waals surface area contributed by atoms with E-state index in [0.717, 1.165) is 35.5 Å². The standard InChI is InChI=1S/C25H28N6O4S/c1-35-19-8-6-18(7-9-19)16-30-24(32)21-4-2-3-5-22(21)31-23(26-27-25(30)31)17-28-12-14-29(15-13-28)36(33,34)20-10-11-20/h2-9,20H,10-17H2,1H3.